The van der Waals surface area contributed by atoms with Gasteiger partial charge in [0.25, 0.3) is 0 Å². The summed E-state index contributed by atoms with van der Waals surface area (Å²) < 4.78 is 11.3. The van der Waals surface area contributed by atoms with Gasteiger partial charge in [-0.15, -0.1) is 0 Å². The summed E-state index contributed by atoms with van der Waals surface area (Å²) in [7, 11) is 0. The van der Waals surface area contributed by atoms with Crippen LogP contribution in [0.3, 0.4) is 0 Å². The molecule has 5 heteroatoms. The Morgan fingerprint density at radius 2 is 1.77 bits per heavy atom. The summed E-state index contributed by atoms with van der Waals surface area (Å²) in [6.45, 7) is 1.14. The fourth-order valence-corrected chi connectivity index (χ4v) is 3.30. The number of rotatable bonds is 2. The standard InChI is InChI=1S/C21H16N2O3/c24-16-3-1-2-13(8-16)15-9-17-18(12-23-21(17)22-11-15)14-4-5-19-20(10-14)26-7-6-25-19/h1-5,8-12,24H,6-7H2,(H,22,23). The lowest BCUT2D eigenvalue weighted by atomic mass is 10.0. The van der Waals surface area contributed by atoms with E-state index in [-0.39, 0.29) is 5.75 Å². The minimum Gasteiger partial charge on any atom is -0.508 e. The molecule has 0 bridgehead atoms. The molecule has 0 fully saturated rings. The van der Waals surface area contributed by atoms with Crippen molar-refractivity contribution in [3.05, 3.63) is 60.9 Å². The van der Waals surface area contributed by atoms with E-state index in [2.05, 4.69) is 16.0 Å². The predicted octanol–water partition coefficient (Wildman–Crippen LogP) is 4.37. The molecule has 4 aromatic rings. The SMILES string of the molecule is Oc1cccc(-c2cnc3[nH]cc(-c4ccc5c(c4)OCCO5)c3c2)c1. The average Bonchev–Trinajstić information content (AvgIpc) is 3.11. The monoisotopic (exact) mass is 344 g/mol. The van der Waals surface area contributed by atoms with Gasteiger partial charge in [0.1, 0.15) is 24.6 Å². The van der Waals surface area contributed by atoms with E-state index in [1.165, 1.54) is 0 Å². The van der Waals surface area contributed by atoms with Crippen molar-refractivity contribution in [3.8, 4) is 39.5 Å². The zero-order valence-corrected chi connectivity index (χ0v) is 13.9. The molecule has 5 rings (SSSR count). The number of hydrogen-bond donors (Lipinski definition) is 2. The first-order valence-corrected chi connectivity index (χ1v) is 8.44. The third-order valence-corrected chi connectivity index (χ3v) is 4.56. The Balaban J connectivity index is 1.63. The van der Waals surface area contributed by atoms with Crippen molar-refractivity contribution in [3.63, 3.8) is 0 Å². The molecule has 5 nitrogen and oxygen atoms in total. The summed E-state index contributed by atoms with van der Waals surface area (Å²) in [4.78, 5) is 7.75. The summed E-state index contributed by atoms with van der Waals surface area (Å²) in [5.74, 6) is 1.78. The van der Waals surface area contributed by atoms with Crippen molar-refractivity contribution in [2.45, 2.75) is 0 Å². The highest BCUT2D eigenvalue weighted by Gasteiger charge is 2.15. The van der Waals surface area contributed by atoms with Crippen molar-refractivity contribution in [1.29, 1.82) is 0 Å². The van der Waals surface area contributed by atoms with Gasteiger partial charge in [-0.25, -0.2) is 4.98 Å². The zero-order valence-electron chi connectivity index (χ0n) is 13.9. The van der Waals surface area contributed by atoms with E-state index in [1.54, 1.807) is 18.3 Å². The highest BCUT2D eigenvalue weighted by atomic mass is 16.6. The molecule has 0 amide bonds. The van der Waals surface area contributed by atoms with Gasteiger partial charge in [0.15, 0.2) is 11.5 Å². The number of ether oxygens (including phenoxy) is 2. The highest BCUT2D eigenvalue weighted by molar-refractivity contribution is 5.96. The molecule has 1 aliphatic heterocycles. The van der Waals surface area contributed by atoms with Crippen molar-refractivity contribution < 1.29 is 14.6 Å². The second kappa shape index (κ2) is 5.81. The van der Waals surface area contributed by atoms with Gasteiger partial charge in [-0.3, -0.25) is 0 Å². The van der Waals surface area contributed by atoms with Crippen molar-refractivity contribution in [2.75, 3.05) is 13.2 Å². The van der Waals surface area contributed by atoms with Crippen LogP contribution in [0.5, 0.6) is 17.2 Å². The topological polar surface area (TPSA) is 67.4 Å². The Labute approximate surface area is 149 Å². The van der Waals surface area contributed by atoms with Gasteiger partial charge in [0.05, 0.1) is 0 Å². The number of H-pyrrole nitrogens is 1. The maximum absolute atomic E-state index is 9.74. The van der Waals surface area contributed by atoms with E-state index in [1.807, 2.05) is 36.5 Å². The van der Waals surface area contributed by atoms with E-state index >= 15 is 0 Å². The second-order valence-corrected chi connectivity index (χ2v) is 6.23. The first-order chi connectivity index (χ1) is 12.8. The quantitative estimate of drug-likeness (QED) is 0.566. The van der Waals surface area contributed by atoms with Gasteiger partial charge >= 0.3 is 0 Å². The van der Waals surface area contributed by atoms with Gasteiger partial charge < -0.3 is 19.6 Å². The van der Waals surface area contributed by atoms with Gasteiger partial charge in [-0.2, -0.15) is 0 Å². The van der Waals surface area contributed by atoms with Gasteiger partial charge in [-0.05, 0) is 41.5 Å². The molecule has 2 aromatic heterocycles. The predicted molar refractivity (Wildman–Crippen MR) is 99.6 cm³/mol. The molecule has 0 spiro atoms. The van der Waals surface area contributed by atoms with E-state index in [4.69, 9.17) is 9.47 Å². The highest BCUT2D eigenvalue weighted by Crippen LogP contribution is 2.37. The molecule has 0 atom stereocenters. The summed E-state index contributed by atoms with van der Waals surface area (Å²) in [6, 6.07) is 15.2. The number of phenolic OH excluding ortho intramolecular Hbond substituents is 1. The molecule has 0 saturated heterocycles. The van der Waals surface area contributed by atoms with Crippen molar-refractivity contribution in [1.82, 2.24) is 9.97 Å². The number of phenols is 1. The van der Waals surface area contributed by atoms with Crippen molar-refractivity contribution in [2.24, 2.45) is 0 Å². The van der Waals surface area contributed by atoms with Crippen LogP contribution in [0.1, 0.15) is 0 Å². The zero-order chi connectivity index (χ0) is 17.5. The van der Waals surface area contributed by atoms with Crippen LogP contribution in [-0.4, -0.2) is 28.3 Å². The first-order valence-electron chi connectivity index (χ1n) is 8.44. The van der Waals surface area contributed by atoms with Crippen LogP contribution in [0.2, 0.25) is 0 Å². The molecule has 26 heavy (non-hydrogen) atoms. The molecule has 0 aliphatic carbocycles. The lowest BCUT2D eigenvalue weighted by Gasteiger charge is -2.18. The largest absolute Gasteiger partial charge is 0.508 e. The van der Waals surface area contributed by atoms with Gasteiger partial charge in [0, 0.05) is 28.9 Å². The van der Waals surface area contributed by atoms with E-state index in [9.17, 15) is 5.11 Å². The Hall–Kier alpha value is -3.47. The normalized spacial score (nSPS) is 13.1. The number of aromatic hydroxyl groups is 1. The molecule has 2 N–H and O–H groups in total. The van der Waals surface area contributed by atoms with Crippen LogP contribution in [0, 0.1) is 0 Å². The van der Waals surface area contributed by atoms with Crippen LogP contribution < -0.4 is 9.47 Å². The van der Waals surface area contributed by atoms with Crippen LogP contribution >= 0.6 is 0 Å². The van der Waals surface area contributed by atoms with Crippen LogP contribution in [0.25, 0.3) is 33.3 Å². The van der Waals surface area contributed by atoms with Crippen LogP contribution in [-0.2, 0) is 0 Å². The van der Waals surface area contributed by atoms with Gasteiger partial charge in [0.2, 0.25) is 0 Å². The molecule has 128 valence electrons. The second-order valence-electron chi connectivity index (χ2n) is 6.23. The molecule has 3 heterocycles. The van der Waals surface area contributed by atoms with E-state index in [0.29, 0.717) is 13.2 Å². The number of hydrogen-bond acceptors (Lipinski definition) is 4. The maximum atomic E-state index is 9.74. The molecular weight excluding hydrogens is 328 g/mol. The molecular formula is C21H16N2O3. The van der Waals surface area contributed by atoms with Crippen LogP contribution in [0.4, 0.5) is 0 Å². The number of benzene rings is 2. The number of aromatic amines is 1. The summed E-state index contributed by atoms with van der Waals surface area (Å²) in [5, 5.41) is 10.8. The number of fused-ring (bicyclic) bond motifs is 2. The Morgan fingerprint density at radius 1 is 0.885 bits per heavy atom. The Kier molecular flexibility index (Phi) is 3.31. The Bertz CT molecular complexity index is 1120. The molecule has 0 saturated carbocycles. The third kappa shape index (κ3) is 2.45. The number of pyridine rings is 1. The smallest absolute Gasteiger partial charge is 0.161 e. The van der Waals surface area contributed by atoms with Gasteiger partial charge in [-0.1, -0.05) is 18.2 Å². The third-order valence-electron chi connectivity index (χ3n) is 4.56. The number of nitrogens with one attached hydrogen (secondary N) is 1. The molecule has 1 aliphatic rings. The summed E-state index contributed by atoms with van der Waals surface area (Å²) in [5.41, 5.74) is 4.78. The lowest BCUT2D eigenvalue weighted by molar-refractivity contribution is 0.171. The minimum absolute atomic E-state index is 0.240. The maximum Gasteiger partial charge on any atom is 0.161 e. The first kappa shape index (κ1) is 14.8. The van der Waals surface area contributed by atoms with E-state index < -0.39 is 0 Å². The number of aromatic nitrogens is 2. The molecule has 0 radical (unpaired) electrons. The average molecular weight is 344 g/mol. The Morgan fingerprint density at radius 3 is 2.65 bits per heavy atom. The minimum atomic E-state index is 0.240. The van der Waals surface area contributed by atoms with Crippen LogP contribution in [0.15, 0.2) is 60.9 Å². The lowest BCUT2D eigenvalue weighted by Crippen LogP contribution is -2.15. The fourth-order valence-electron chi connectivity index (χ4n) is 3.30. The molecule has 0 unspecified atom stereocenters. The fraction of sp³-hybridized carbons (Fsp3) is 0.0952. The summed E-state index contributed by atoms with van der Waals surface area (Å²) >= 11 is 0. The number of nitrogens with zero attached hydrogens (tertiary/aromatic N) is 1. The van der Waals surface area contributed by atoms with Crippen molar-refractivity contribution >= 4 is 11.0 Å². The summed E-state index contributed by atoms with van der Waals surface area (Å²) in [6.07, 6.45) is 3.76. The molecule has 2 aromatic carbocycles. The van der Waals surface area contributed by atoms with E-state index in [0.717, 1.165) is 44.8 Å².